The zero-order chi connectivity index (χ0) is 53.2. The van der Waals surface area contributed by atoms with Crippen LogP contribution in [0.25, 0.3) is 0 Å². The molecule has 390 valence electrons. The Labute approximate surface area is 369 Å². The summed E-state index contributed by atoms with van der Waals surface area (Å²) in [6.45, 7) is -3.19. The minimum Gasteiger partial charge on any atom is -0.366 e. The predicted octanol–water partition coefficient (Wildman–Crippen LogP) is 10.7. The van der Waals surface area contributed by atoms with Gasteiger partial charge in [-0.2, -0.15) is 138 Å². The number of amides is 1. The number of rotatable bonds is 30. The molecular weight excluding hydrogens is 1040 g/mol. The average molecular weight is 1080 g/mol. The molecule has 67 heavy (non-hydrogen) atoms. The van der Waals surface area contributed by atoms with Crippen LogP contribution < -0.4 is 5.32 Å². The number of hydrogen-bond donors (Lipinski definition) is 1. The molecule has 1 atom stereocenters. The second-order valence-electron chi connectivity index (χ2n) is 13.5. The van der Waals surface area contributed by atoms with Gasteiger partial charge in [0.1, 0.15) is 25.4 Å². The molecule has 0 aromatic rings. The van der Waals surface area contributed by atoms with Crippen molar-refractivity contribution in [3.63, 3.8) is 0 Å². The highest BCUT2D eigenvalue weighted by Crippen LogP contribution is 2.62. The predicted molar refractivity (Wildman–Crippen MR) is 183 cm³/mol. The smallest absolute Gasteiger partial charge is 0.366 e. The van der Waals surface area contributed by atoms with Gasteiger partial charge in [0.25, 0.3) is 0 Å². The van der Waals surface area contributed by atoms with E-state index in [0.717, 1.165) is 0 Å². The molecule has 33 heteroatoms. The maximum Gasteiger partial charge on any atom is 0.460 e. The summed E-state index contributed by atoms with van der Waals surface area (Å²) in [6, 6.07) is 0. The molecule has 1 amide bonds. The van der Waals surface area contributed by atoms with Crippen LogP contribution in [0.15, 0.2) is 0 Å². The van der Waals surface area contributed by atoms with Crippen molar-refractivity contribution in [1.29, 1.82) is 0 Å². The van der Waals surface area contributed by atoms with Gasteiger partial charge in [0.2, 0.25) is 5.91 Å². The van der Waals surface area contributed by atoms with Crippen molar-refractivity contribution >= 4 is 29.4 Å². The van der Waals surface area contributed by atoms with Crippen LogP contribution in [0.2, 0.25) is 0 Å². The quantitative estimate of drug-likeness (QED) is 0.0440. The van der Waals surface area contributed by atoms with Gasteiger partial charge in [0.15, 0.2) is 0 Å². The fourth-order valence-corrected chi connectivity index (χ4v) is 7.36. The van der Waals surface area contributed by atoms with E-state index in [-0.39, 0.29) is 23.5 Å². The van der Waals surface area contributed by atoms with Crippen LogP contribution in [0.4, 0.5) is 114 Å². The Balaban J connectivity index is 6.73. The van der Waals surface area contributed by atoms with Crippen LogP contribution in [0.3, 0.4) is 0 Å². The molecule has 0 aliphatic rings. The van der Waals surface area contributed by atoms with Gasteiger partial charge in [0, 0.05) is 30.3 Å². The summed E-state index contributed by atoms with van der Waals surface area (Å²) in [4.78, 5) is 13.1. The summed E-state index contributed by atoms with van der Waals surface area (Å²) in [5.41, 5.74) is -1.82. The number of hydrogen-bond acceptors (Lipinski definition) is 6. The lowest BCUT2D eigenvalue weighted by Crippen LogP contribution is -2.70. The highest BCUT2D eigenvalue weighted by atomic mass is 32.2. The molecule has 1 unspecified atom stereocenters. The molecule has 5 nitrogen and oxygen atoms in total. The number of thioether (sulfide) groups is 2. The number of ether oxygens (including phenoxy) is 3. The molecule has 0 aliphatic heterocycles. The number of alkyl halides is 26. The minimum atomic E-state index is -8.28. The van der Waals surface area contributed by atoms with E-state index in [1.165, 1.54) is 0 Å². The lowest BCUT2D eigenvalue weighted by atomic mass is 9.93. The molecule has 0 aromatic heterocycles. The van der Waals surface area contributed by atoms with E-state index >= 15 is 0 Å². The number of halogens is 26. The number of carbonyl (C=O) groups excluding carboxylic acids is 1. The van der Waals surface area contributed by atoms with Gasteiger partial charge in [-0.3, -0.25) is 4.79 Å². The molecule has 0 rings (SSSR count). The van der Waals surface area contributed by atoms with Crippen LogP contribution >= 0.6 is 23.5 Å². The van der Waals surface area contributed by atoms with Crippen LogP contribution in [0, 0.1) is 37.0 Å². The van der Waals surface area contributed by atoms with Gasteiger partial charge >= 0.3 is 71.6 Å². The topological polar surface area (TPSA) is 56.8 Å². The van der Waals surface area contributed by atoms with E-state index < -0.39 is 171 Å². The van der Waals surface area contributed by atoms with Crippen molar-refractivity contribution in [1.82, 2.24) is 5.32 Å². The van der Waals surface area contributed by atoms with Crippen molar-refractivity contribution in [2.24, 2.45) is 0 Å². The van der Waals surface area contributed by atoms with Crippen molar-refractivity contribution in [3.8, 4) is 37.0 Å². The molecule has 0 aliphatic carbocycles. The highest BCUT2D eigenvalue weighted by molar-refractivity contribution is 8.03. The van der Waals surface area contributed by atoms with Gasteiger partial charge in [-0.25, -0.2) is 0 Å². The summed E-state index contributed by atoms with van der Waals surface area (Å²) in [7, 11) is 0. The summed E-state index contributed by atoms with van der Waals surface area (Å²) in [5.74, 6) is -77.7. The molecule has 0 spiro atoms. The first kappa shape index (κ1) is 63.9. The Morgan fingerprint density at radius 3 is 1.10 bits per heavy atom. The lowest BCUT2D eigenvalue weighted by molar-refractivity contribution is -0.439. The standard InChI is InChI=1S/C34H31F26NO4S2/c1-4-11-63-17-22(18-64-12-5-2,19-65-13-6-3)61-21(62)8-7-20(67-15-10-24(37,38)26(41,42)28(45,46)30(49,50)32(53,54)34(58,59)60)16-66-14-9-23(35,36)25(39,40)27(43,44)29(47,48)31(51,52)33(55,56)57/h1-3,20H,7-19H2,(H,61,62). The van der Waals surface area contributed by atoms with E-state index in [9.17, 15) is 119 Å². The summed E-state index contributed by atoms with van der Waals surface area (Å²) < 4.78 is 367. The third kappa shape index (κ3) is 13.8. The van der Waals surface area contributed by atoms with E-state index in [1.807, 2.05) is 17.8 Å². The Morgan fingerprint density at radius 2 is 0.791 bits per heavy atom. The third-order valence-electron chi connectivity index (χ3n) is 8.42. The van der Waals surface area contributed by atoms with Crippen LogP contribution in [0.5, 0.6) is 0 Å². The van der Waals surface area contributed by atoms with Crippen molar-refractivity contribution in [2.45, 2.75) is 108 Å². The first-order chi connectivity index (χ1) is 29.9. The first-order valence-corrected chi connectivity index (χ1v) is 19.5. The molecule has 0 saturated carbocycles. The molecule has 1 N–H and O–H groups in total. The molecule has 0 heterocycles. The van der Waals surface area contributed by atoms with Gasteiger partial charge in [0.05, 0.1) is 19.8 Å². The number of terminal acetylenes is 3. The molecule has 0 aromatic carbocycles. The number of carbonyl (C=O) groups is 1. The third-order valence-corrected chi connectivity index (χ3v) is 11.1. The molecule has 0 saturated heterocycles. The maximum absolute atomic E-state index is 14.5. The van der Waals surface area contributed by atoms with Gasteiger partial charge < -0.3 is 19.5 Å². The van der Waals surface area contributed by atoms with Gasteiger partial charge in [-0.15, -0.1) is 19.3 Å². The Morgan fingerprint density at radius 1 is 0.478 bits per heavy atom. The number of nitrogens with one attached hydrogen (secondary N) is 1. The molecule has 0 radical (unpaired) electrons. The summed E-state index contributed by atoms with van der Waals surface area (Å²) in [5, 5.41) is 0.448. The van der Waals surface area contributed by atoms with Crippen molar-refractivity contribution in [2.75, 3.05) is 56.9 Å². The normalized spacial score (nSPS) is 15.1. The molecular formula is C34H31F26NO4S2. The maximum atomic E-state index is 14.5. The van der Waals surface area contributed by atoms with Crippen molar-refractivity contribution < 1.29 is 133 Å². The largest absolute Gasteiger partial charge is 0.460 e. The highest BCUT2D eigenvalue weighted by Gasteiger charge is 2.92. The lowest BCUT2D eigenvalue weighted by Gasteiger charge is -2.39. The minimum absolute atomic E-state index is 0.273. The second-order valence-corrected chi connectivity index (χ2v) is 16.1. The molecule has 0 bridgehead atoms. The summed E-state index contributed by atoms with van der Waals surface area (Å²) >= 11 is -0.554. The van der Waals surface area contributed by atoms with Gasteiger partial charge in [-0.1, -0.05) is 17.8 Å². The summed E-state index contributed by atoms with van der Waals surface area (Å²) in [6.07, 6.45) is -7.83. The Hall–Kier alpha value is -3.09. The monoisotopic (exact) mass is 1080 g/mol. The zero-order valence-corrected chi connectivity index (χ0v) is 34.4. The van der Waals surface area contributed by atoms with Crippen LogP contribution in [0.1, 0.15) is 25.7 Å². The Bertz CT molecular complexity index is 1680. The van der Waals surface area contributed by atoms with Crippen molar-refractivity contribution in [3.05, 3.63) is 0 Å². The second kappa shape index (κ2) is 22.8. The zero-order valence-electron chi connectivity index (χ0n) is 32.8. The van der Waals surface area contributed by atoms with Gasteiger partial charge in [-0.05, 0) is 17.9 Å². The van der Waals surface area contributed by atoms with Crippen LogP contribution in [-0.2, 0) is 19.0 Å². The fraction of sp³-hybridized carbons (Fsp3) is 0.794. The van der Waals surface area contributed by atoms with E-state index in [1.54, 1.807) is 0 Å². The van der Waals surface area contributed by atoms with E-state index in [2.05, 4.69) is 5.32 Å². The Kier molecular flexibility index (Phi) is 21.7. The van der Waals surface area contributed by atoms with Crippen LogP contribution in [-0.4, -0.2) is 145 Å². The SMILES string of the molecule is C#CCOCC(COCC#C)(COCC#C)NC(=O)CCC(CSCCC(F)(F)C(F)(F)C(F)(F)C(F)(F)C(F)(F)C(F)(F)F)SCCC(F)(F)C(F)(F)C(F)(F)C(F)(F)C(F)(F)C(F)(F)F. The fourth-order valence-electron chi connectivity index (χ4n) is 4.70. The first-order valence-electron chi connectivity index (χ1n) is 17.3. The average Bonchev–Trinajstić information content (AvgIpc) is 3.17. The van der Waals surface area contributed by atoms with E-state index in [4.69, 9.17) is 33.5 Å². The van der Waals surface area contributed by atoms with E-state index in [0.29, 0.717) is 0 Å². The molecule has 0 fully saturated rings.